The van der Waals surface area contributed by atoms with Crippen molar-refractivity contribution in [1.82, 2.24) is 19.9 Å². The third-order valence-corrected chi connectivity index (χ3v) is 5.73. The molecular formula is C20H25N5O10. The zero-order valence-corrected chi connectivity index (χ0v) is 18.3. The first-order valence-corrected chi connectivity index (χ1v) is 10.4. The largest absolute Gasteiger partial charge is 0.506 e. The van der Waals surface area contributed by atoms with Gasteiger partial charge in [0.15, 0.2) is 12.3 Å². The van der Waals surface area contributed by atoms with Crippen LogP contribution in [0.4, 0.5) is 0 Å². The molecule has 0 saturated carbocycles. The van der Waals surface area contributed by atoms with E-state index in [0.717, 1.165) is 23.0 Å². The number of aliphatic hydroxyl groups excluding tert-OH is 3. The van der Waals surface area contributed by atoms with Gasteiger partial charge in [0.25, 0.3) is 5.56 Å². The highest BCUT2D eigenvalue weighted by Gasteiger charge is 2.50. The lowest BCUT2D eigenvalue weighted by Crippen LogP contribution is -2.57. The van der Waals surface area contributed by atoms with E-state index < -0.39 is 71.8 Å². The molecule has 0 bridgehead atoms. The second-order valence-electron chi connectivity index (χ2n) is 8.09. The molecule has 1 saturated heterocycles. The molecule has 9 N–H and O–H groups in total. The fourth-order valence-corrected chi connectivity index (χ4v) is 3.63. The second kappa shape index (κ2) is 10.3. The van der Waals surface area contributed by atoms with E-state index in [1.807, 2.05) is 4.98 Å². The molecular weight excluding hydrogens is 470 g/mol. The Morgan fingerprint density at radius 2 is 1.91 bits per heavy atom. The first kappa shape index (κ1) is 26.0. The summed E-state index contributed by atoms with van der Waals surface area (Å²) in [5.41, 5.74) is 4.33. The lowest BCUT2D eigenvalue weighted by atomic mass is 9.92. The molecule has 35 heavy (non-hydrogen) atoms. The quantitative estimate of drug-likeness (QED) is 0.178. The van der Waals surface area contributed by atoms with Gasteiger partial charge in [-0.15, -0.1) is 0 Å². The van der Waals surface area contributed by atoms with E-state index in [9.17, 15) is 44.7 Å². The number of aliphatic hydroxyl groups is 3. The van der Waals surface area contributed by atoms with Gasteiger partial charge in [0.1, 0.15) is 30.2 Å². The van der Waals surface area contributed by atoms with E-state index in [1.165, 1.54) is 19.1 Å². The van der Waals surface area contributed by atoms with Crippen molar-refractivity contribution >= 4 is 11.9 Å². The minimum absolute atomic E-state index is 0.111. The lowest BCUT2D eigenvalue weighted by molar-refractivity contribution is -0.149. The number of rotatable bonds is 8. The molecule has 1 aliphatic rings. The molecule has 15 nitrogen and oxygen atoms in total. The number of ether oxygens (including phenoxy) is 1. The Bertz CT molecular complexity index is 1180. The van der Waals surface area contributed by atoms with Crippen molar-refractivity contribution in [2.75, 3.05) is 0 Å². The molecule has 1 fully saturated rings. The molecule has 3 heterocycles. The average Bonchev–Trinajstić information content (AvgIpc) is 3.10. The van der Waals surface area contributed by atoms with Crippen LogP contribution in [0.3, 0.4) is 0 Å². The van der Waals surface area contributed by atoms with E-state index >= 15 is 0 Å². The van der Waals surface area contributed by atoms with Gasteiger partial charge in [0, 0.05) is 18.2 Å². The molecule has 0 unspecified atom stereocenters. The Labute approximate surface area is 196 Å². The molecule has 2 aromatic heterocycles. The maximum Gasteiger partial charge on any atom is 0.330 e. The van der Waals surface area contributed by atoms with Crippen molar-refractivity contribution in [3.63, 3.8) is 0 Å². The lowest BCUT2D eigenvalue weighted by Gasteiger charge is -2.28. The molecule has 15 heteroatoms. The maximum absolute atomic E-state index is 12.7. The fraction of sp³-hybridized carbons (Fsp3) is 0.450. The van der Waals surface area contributed by atoms with Gasteiger partial charge in [-0.25, -0.2) is 9.59 Å². The van der Waals surface area contributed by atoms with Crippen molar-refractivity contribution in [2.24, 2.45) is 11.7 Å². The van der Waals surface area contributed by atoms with Crippen LogP contribution in [-0.4, -0.2) is 82.3 Å². The fourth-order valence-electron chi connectivity index (χ4n) is 3.63. The van der Waals surface area contributed by atoms with E-state index in [2.05, 4.69) is 10.3 Å². The number of hydrogen-bond donors (Lipinski definition) is 8. The summed E-state index contributed by atoms with van der Waals surface area (Å²) in [5, 5.41) is 52.3. The van der Waals surface area contributed by atoms with Crippen molar-refractivity contribution in [3.8, 4) is 5.75 Å². The number of hydrogen-bond acceptors (Lipinski definition) is 11. The monoisotopic (exact) mass is 495 g/mol. The zero-order chi connectivity index (χ0) is 26.0. The van der Waals surface area contributed by atoms with E-state index in [1.54, 1.807) is 0 Å². The van der Waals surface area contributed by atoms with Crippen LogP contribution in [0.15, 0.2) is 40.2 Å². The number of H-pyrrole nitrogens is 1. The topological polar surface area (TPSA) is 250 Å². The van der Waals surface area contributed by atoms with E-state index in [-0.39, 0.29) is 11.4 Å². The summed E-state index contributed by atoms with van der Waals surface area (Å²) in [4.78, 5) is 53.7. The van der Waals surface area contributed by atoms with Crippen LogP contribution < -0.4 is 22.3 Å². The van der Waals surface area contributed by atoms with Crippen LogP contribution in [-0.2, 0) is 14.3 Å². The highest BCUT2D eigenvalue weighted by Crippen LogP contribution is 2.30. The van der Waals surface area contributed by atoms with Crippen molar-refractivity contribution in [2.45, 2.75) is 49.7 Å². The third kappa shape index (κ3) is 5.39. The highest BCUT2D eigenvalue weighted by molar-refractivity contribution is 5.87. The number of pyridine rings is 1. The van der Waals surface area contributed by atoms with Crippen LogP contribution in [0.25, 0.3) is 0 Å². The third-order valence-electron chi connectivity index (χ3n) is 5.73. The molecule has 2 aromatic rings. The molecule has 0 spiro atoms. The number of aromatic amines is 1. The molecule has 0 radical (unpaired) electrons. The minimum Gasteiger partial charge on any atom is -0.506 e. The standard InChI is InChI=1S/C20H25N5O10/c1-7(13(28)9-3-2-8(26)6-22-9)11(21)17(31)24-12(19(32)33)16-14(29)15(30)18(35-16)25-5-4-10(27)23-20(25)34/h2-7,11-16,18,26,28-30H,21H2,1H3,(H,24,31)(H,32,33)(H,23,27,34)/t7-,11-,12-,13+,14-,15+,16+,18+/m0/s1. The number of carboxylic acid groups (broad SMARTS) is 1. The van der Waals surface area contributed by atoms with Gasteiger partial charge in [0.2, 0.25) is 5.91 Å². The summed E-state index contributed by atoms with van der Waals surface area (Å²) in [6.45, 7) is 1.42. The van der Waals surface area contributed by atoms with Crippen LogP contribution in [0.1, 0.15) is 24.9 Å². The minimum atomic E-state index is -1.90. The Morgan fingerprint density at radius 1 is 1.23 bits per heavy atom. The predicted octanol–water partition coefficient (Wildman–Crippen LogP) is -3.48. The number of aliphatic carboxylic acids is 1. The van der Waals surface area contributed by atoms with Crippen molar-refractivity contribution in [1.29, 1.82) is 0 Å². The first-order valence-electron chi connectivity index (χ1n) is 10.4. The van der Waals surface area contributed by atoms with Crippen LogP contribution in [0.2, 0.25) is 0 Å². The van der Waals surface area contributed by atoms with Gasteiger partial charge in [-0.1, -0.05) is 6.92 Å². The van der Waals surface area contributed by atoms with Crippen LogP contribution in [0, 0.1) is 5.92 Å². The van der Waals surface area contributed by atoms with Crippen molar-refractivity contribution < 1.29 is 39.9 Å². The number of nitrogens with zero attached hydrogens (tertiary/aromatic N) is 2. The summed E-state index contributed by atoms with van der Waals surface area (Å²) in [7, 11) is 0. The van der Waals surface area contributed by atoms with Crippen LogP contribution >= 0.6 is 0 Å². The summed E-state index contributed by atoms with van der Waals surface area (Å²) >= 11 is 0. The molecule has 190 valence electrons. The second-order valence-corrected chi connectivity index (χ2v) is 8.09. The van der Waals surface area contributed by atoms with Gasteiger partial charge >= 0.3 is 11.7 Å². The summed E-state index contributed by atoms with van der Waals surface area (Å²) in [6, 6.07) is 0.215. The van der Waals surface area contributed by atoms with Gasteiger partial charge in [-0.2, -0.15) is 0 Å². The highest BCUT2D eigenvalue weighted by atomic mass is 16.6. The number of carbonyl (C=O) groups excluding carboxylic acids is 1. The SMILES string of the molecule is C[C@@H]([C@H](N)C(=O)N[C@H](C(=O)O)[C@H]1O[C@@H](n2ccc(=O)[nH]c2=O)[C@H](O)[C@@H]1O)[C@@H](O)c1ccc(O)cn1. The smallest absolute Gasteiger partial charge is 0.330 e. The Balaban J connectivity index is 1.76. The number of carboxylic acids is 1. The first-order chi connectivity index (χ1) is 16.4. The van der Waals surface area contributed by atoms with Gasteiger partial charge in [-0.05, 0) is 12.1 Å². The average molecular weight is 495 g/mol. The van der Waals surface area contributed by atoms with Crippen LogP contribution in [0.5, 0.6) is 5.75 Å². The molecule has 3 rings (SSSR count). The van der Waals surface area contributed by atoms with Crippen molar-refractivity contribution in [3.05, 3.63) is 57.1 Å². The van der Waals surface area contributed by atoms with Gasteiger partial charge in [0.05, 0.1) is 17.9 Å². The predicted molar refractivity (Wildman–Crippen MR) is 115 cm³/mol. The molecule has 1 amide bonds. The number of amides is 1. The van der Waals surface area contributed by atoms with E-state index in [0.29, 0.717) is 0 Å². The Kier molecular flexibility index (Phi) is 7.67. The number of nitrogens with one attached hydrogen (secondary N) is 2. The molecule has 8 atom stereocenters. The number of aromatic nitrogens is 3. The van der Waals surface area contributed by atoms with Gasteiger partial charge in [-0.3, -0.25) is 24.1 Å². The maximum atomic E-state index is 12.7. The number of aromatic hydroxyl groups is 1. The molecule has 0 aromatic carbocycles. The summed E-state index contributed by atoms with van der Waals surface area (Å²) < 4.78 is 6.16. The Morgan fingerprint density at radius 3 is 2.49 bits per heavy atom. The van der Waals surface area contributed by atoms with E-state index in [4.69, 9.17) is 10.5 Å². The number of nitrogens with two attached hydrogens (primary N) is 1. The summed E-state index contributed by atoms with van der Waals surface area (Å²) in [6.07, 6.45) is -6.15. The zero-order valence-electron chi connectivity index (χ0n) is 18.3. The molecule has 1 aliphatic heterocycles. The normalized spacial score (nSPS) is 25.4. The summed E-state index contributed by atoms with van der Waals surface area (Å²) in [5.74, 6) is -3.75. The number of carbonyl (C=O) groups is 2. The molecule has 0 aliphatic carbocycles. The Hall–Kier alpha value is -3.63. The van der Waals surface area contributed by atoms with Gasteiger partial charge < -0.3 is 41.3 Å².